The lowest BCUT2D eigenvalue weighted by molar-refractivity contribution is -0.134. The van der Waals surface area contributed by atoms with E-state index in [-0.39, 0.29) is 11.9 Å². The highest BCUT2D eigenvalue weighted by Gasteiger charge is 2.49. The summed E-state index contributed by atoms with van der Waals surface area (Å²) in [5.41, 5.74) is 0.770. The highest BCUT2D eigenvalue weighted by atomic mass is 16.3. The maximum atomic E-state index is 12.9. The molecule has 4 heterocycles. The van der Waals surface area contributed by atoms with Crippen LogP contribution >= 0.6 is 0 Å². The monoisotopic (exact) mass is 410 g/mol. The van der Waals surface area contributed by atoms with E-state index < -0.39 is 12.2 Å². The zero-order valence-electron chi connectivity index (χ0n) is 17.2. The first-order valence-corrected chi connectivity index (χ1v) is 10.3. The van der Waals surface area contributed by atoms with Gasteiger partial charge in [0.15, 0.2) is 6.17 Å². The van der Waals surface area contributed by atoms with Gasteiger partial charge in [-0.1, -0.05) is 13.8 Å². The van der Waals surface area contributed by atoms with Crippen LogP contribution in [0.2, 0.25) is 0 Å². The second-order valence-corrected chi connectivity index (χ2v) is 7.34. The van der Waals surface area contributed by atoms with Gasteiger partial charge in [-0.2, -0.15) is 0 Å². The molecule has 2 unspecified atom stereocenters. The molecule has 30 heavy (non-hydrogen) atoms. The van der Waals surface area contributed by atoms with Gasteiger partial charge in [0.25, 0.3) is 5.91 Å². The Morgan fingerprint density at radius 1 is 1.17 bits per heavy atom. The van der Waals surface area contributed by atoms with Gasteiger partial charge < -0.3 is 15.1 Å². The molecule has 2 aliphatic heterocycles. The summed E-state index contributed by atoms with van der Waals surface area (Å²) >= 11 is 0. The van der Waals surface area contributed by atoms with Crippen molar-refractivity contribution >= 4 is 23.6 Å². The van der Waals surface area contributed by atoms with E-state index in [1.54, 1.807) is 17.4 Å². The van der Waals surface area contributed by atoms with E-state index in [9.17, 15) is 9.59 Å². The molecule has 2 aromatic rings. The van der Waals surface area contributed by atoms with Crippen molar-refractivity contribution in [3.8, 4) is 0 Å². The molecule has 0 aliphatic carbocycles. The Morgan fingerprint density at radius 3 is 2.67 bits per heavy atom. The minimum Gasteiger partial charge on any atom is -0.467 e. The summed E-state index contributed by atoms with van der Waals surface area (Å²) in [6.45, 7) is 5.47. The van der Waals surface area contributed by atoms with Crippen LogP contribution < -0.4 is 10.6 Å². The van der Waals surface area contributed by atoms with Gasteiger partial charge in [-0.3, -0.25) is 14.6 Å². The molecule has 1 fully saturated rings. The van der Waals surface area contributed by atoms with Gasteiger partial charge in [0.05, 0.1) is 12.8 Å². The molecule has 0 bridgehead atoms. The van der Waals surface area contributed by atoms with E-state index in [1.165, 1.54) is 4.90 Å². The number of nitrogens with zero attached hydrogens (tertiary/aromatic N) is 4. The fourth-order valence-corrected chi connectivity index (χ4v) is 3.72. The molecule has 0 radical (unpaired) electrons. The Kier molecular flexibility index (Phi) is 5.69. The Balaban J connectivity index is 1.50. The summed E-state index contributed by atoms with van der Waals surface area (Å²) < 4.78 is 5.30. The fourth-order valence-electron chi connectivity index (χ4n) is 3.72. The van der Waals surface area contributed by atoms with Crippen LogP contribution in [0.25, 0.3) is 0 Å². The number of aliphatic imine (C=N–C) groups is 1. The van der Waals surface area contributed by atoms with Crippen LogP contribution in [0.5, 0.6) is 0 Å². The van der Waals surface area contributed by atoms with Crippen molar-refractivity contribution < 1.29 is 14.0 Å². The Labute approximate surface area is 175 Å². The largest absolute Gasteiger partial charge is 0.467 e. The summed E-state index contributed by atoms with van der Waals surface area (Å²) in [5, 5.41) is 6.41. The fraction of sp³-hybridized carbons (Fsp3) is 0.429. The molecular formula is C21H26N6O3. The highest BCUT2D eigenvalue weighted by Crippen LogP contribution is 2.25. The number of carbonyl (C=O) groups is 2. The Hall–Kier alpha value is -3.36. The summed E-state index contributed by atoms with van der Waals surface area (Å²) in [4.78, 5) is 37.8. The van der Waals surface area contributed by atoms with Gasteiger partial charge >= 0.3 is 6.03 Å². The van der Waals surface area contributed by atoms with Crippen LogP contribution in [0, 0.1) is 0 Å². The third-order valence-electron chi connectivity index (χ3n) is 5.15. The molecule has 1 saturated heterocycles. The van der Waals surface area contributed by atoms with E-state index >= 15 is 0 Å². The molecule has 2 N–H and O–H groups in total. The van der Waals surface area contributed by atoms with Crippen LogP contribution in [0.4, 0.5) is 10.6 Å². The third-order valence-corrected chi connectivity index (χ3v) is 5.15. The number of imide groups is 1. The average Bonchev–Trinajstić information content (AvgIpc) is 3.43. The zero-order valence-corrected chi connectivity index (χ0v) is 17.2. The number of amidine groups is 1. The predicted molar refractivity (Wildman–Crippen MR) is 112 cm³/mol. The number of rotatable bonds is 8. The first-order valence-electron chi connectivity index (χ1n) is 10.3. The van der Waals surface area contributed by atoms with Gasteiger partial charge in [0.1, 0.15) is 23.5 Å². The SMILES string of the molecule is CCCN1C(=O)C2NC(c3ccc(NCc4ccco4)nc3)=NC2N(CCC)C1=O. The van der Waals surface area contributed by atoms with Crippen LogP contribution in [0.3, 0.4) is 0 Å². The van der Waals surface area contributed by atoms with E-state index in [0.717, 1.165) is 24.2 Å². The number of amides is 3. The number of fused-ring (bicyclic) bond motifs is 1. The van der Waals surface area contributed by atoms with Crippen molar-refractivity contribution in [2.24, 2.45) is 4.99 Å². The topological polar surface area (TPSA) is 103 Å². The Morgan fingerprint density at radius 2 is 2.00 bits per heavy atom. The lowest BCUT2D eigenvalue weighted by atomic mass is 10.1. The number of aromatic nitrogens is 1. The maximum Gasteiger partial charge on any atom is 0.328 e. The van der Waals surface area contributed by atoms with Crippen LogP contribution in [0.15, 0.2) is 46.1 Å². The molecule has 0 saturated carbocycles. The summed E-state index contributed by atoms with van der Waals surface area (Å²) in [7, 11) is 0. The number of hydrogen-bond acceptors (Lipinski definition) is 7. The number of pyridine rings is 1. The molecule has 158 valence electrons. The smallest absolute Gasteiger partial charge is 0.328 e. The number of anilines is 1. The van der Waals surface area contributed by atoms with Crippen LogP contribution in [-0.4, -0.2) is 57.9 Å². The van der Waals surface area contributed by atoms with Crippen LogP contribution in [-0.2, 0) is 11.3 Å². The normalized spacial score (nSPS) is 20.8. The number of carbonyl (C=O) groups excluding carboxylic acids is 2. The second-order valence-electron chi connectivity index (χ2n) is 7.34. The standard InChI is InChI=1S/C21H26N6O3/c1-3-9-26-19-17(20(28)27(10-4-2)21(26)29)24-18(25-19)14-7-8-16(22-12-14)23-13-15-6-5-11-30-15/h5-8,11-12,17,19H,3-4,9-10,13H2,1-2H3,(H,22,23)(H,24,25). The molecule has 2 aliphatic rings. The number of urea groups is 1. The lowest BCUT2D eigenvalue weighted by Crippen LogP contribution is -2.65. The zero-order chi connectivity index (χ0) is 21.1. The molecule has 3 amide bonds. The van der Waals surface area contributed by atoms with Gasteiger partial charge in [-0.15, -0.1) is 0 Å². The van der Waals surface area contributed by atoms with Gasteiger partial charge in [-0.25, -0.2) is 14.8 Å². The van der Waals surface area contributed by atoms with Crippen molar-refractivity contribution in [1.29, 1.82) is 0 Å². The molecule has 4 rings (SSSR count). The second kappa shape index (κ2) is 8.56. The van der Waals surface area contributed by atoms with E-state index in [1.807, 2.05) is 38.1 Å². The Bertz CT molecular complexity index is 925. The minimum atomic E-state index is -0.562. The van der Waals surface area contributed by atoms with E-state index in [2.05, 4.69) is 20.6 Å². The highest BCUT2D eigenvalue weighted by molar-refractivity contribution is 6.08. The van der Waals surface area contributed by atoms with Crippen molar-refractivity contribution in [2.75, 3.05) is 18.4 Å². The first kappa shape index (κ1) is 19.9. The van der Waals surface area contributed by atoms with Gasteiger partial charge in [-0.05, 0) is 37.1 Å². The van der Waals surface area contributed by atoms with Gasteiger partial charge in [0, 0.05) is 24.8 Å². The molecule has 2 aromatic heterocycles. The summed E-state index contributed by atoms with van der Waals surface area (Å²) in [6, 6.07) is 6.65. The number of furan rings is 1. The maximum absolute atomic E-state index is 12.9. The molecule has 9 heteroatoms. The first-order chi connectivity index (χ1) is 14.6. The van der Waals surface area contributed by atoms with Crippen molar-refractivity contribution in [1.82, 2.24) is 20.1 Å². The van der Waals surface area contributed by atoms with Crippen molar-refractivity contribution in [3.63, 3.8) is 0 Å². The average molecular weight is 410 g/mol. The van der Waals surface area contributed by atoms with Crippen LogP contribution in [0.1, 0.15) is 38.0 Å². The molecule has 9 nitrogen and oxygen atoms in total. The van der Waals surface area contributed by atoms with Crippen molar-refractivity contribution in [3.05, 3.63) is 48.0 Å². The number of nitrogens with one attached hydrogen (secondary N) is 2. The summed E-state index contributed by atoms with van der Waals surface area (Å²) in [6.07, 6.45) is 4.33. The quantitative estimate of drug-likeness (QED) is 0.693. The summed E-state index contributed by atoms with van der Waals surface area (Å²) in [5.74, 6) is 1.89. The predicted octanol–water partition coefficient (Wildman–Crippen LogP) is 2.42. The number of hydrogen-bond donors (Lipinski definition) is 2. The van der Waals surface area contributed by atoms with Gasteiger partial charge in [0.2, 0.25) is 0 Å². The lowest BCUT2D eigenvalue weighted by Gasteiger charge is -2.40. The van der Waals surface area contributed by atoms with E-state index in [4.69, 9.17) is 4.42 Å². The minimum absolute atomic E-state index is 0.220. The third kappa shape index (κ3) is 3.74. The molecular weight excluding hydrogens is 384 g/mol. The van der Waals surface area contributed by atoms with E-state index in [0.29, 0.717) is 31.3 Å². The molecule has 2 atom stereocenters. The molecule has 0 spiro atoms. The molecule has 0 aromatic carbocycles. The van der Waals surface area contributed by atoms with Crippen molar-refractivity contribution in [2.45, 2.75) is 45.4 Å².